The van der Waals surface area contributed by atoms with Crippen LogP contribution in [0, 0.1) is 0 Å². The number of hydrogen-bond donors (Lipinski definition) is 2. The van der Waals surface area contributed by atoms with E-state index in [1.165, 1.54) is 245 Å². The van der Waals surface area contributed by atoms with Crippen LogP contribution in [-0.4, -0.2) is 75.8 Å². The van der Waals surface area contributed by atoms with Gasteiger partial charge in [-0.1, -0.05) is 213 Å². The van der Waals surface area contributed by atoms with E-state index in [0.29, 0.717) is 6.17 Å². The first-order valence-corrected chi connectivity index (χ1v) is 23.9. The molecule has 1 aliphatic rings. The highest BCUT2D eigenvalue weighted by Gasteiger charge is 2.27. The second-order valence-electron chi connectivity index (χ2n) is 15.7. The highest BCUT2D eigenvalue weighted by atomic mass is 32.3. The van der Waals surface area contributed by atoms with Crippen molar-refractivity contribution in [2.75, 3.05) is 46.9 Å². The maximum Gasteiger partial charge on any atom is 0.397 e. The first-order chi connectivity index (χ1) is 24.9. The molecular formula is C43H91N3O4S. The maximum atomic E-state index is 9.33. The largest absolute Gasteiger partial charge is 0.397 e. The standard InChI is InChI=1S/C42H87N3.CH4O4S/c1-4-6-8-10-12-14-16-18-20-22-24-26-28-30-32-34-36-42-44(3)40-41-45(42)39-38-43-37-35-33-31-29-27-25-23-21-19-17-15-13-11-9-7-5-2;1-5-6(2,3)4/h42-43H,4-41H2,1-3H3;1H3,(H,2,3,4). The highest BCUT2D eigenvalue weighted by Crippen LogP contribution is 2.20. The number of nitrogens with zero attached hydrogens (tertiary/aromatic N) is 2. The van der Waals surface area contributed by atoms with Crippen LogP contribution in [0.3, 0.4) is 0 Å². The zero-order valence-electron chi connectivity index (χ0n) is 34.9. The third-order valence-corrected chi connectivity index (χ3v) is 11.4. The lowest BCUT2D eigenvalue weighted by molar-refractivity contribution is 0.146. The smallest absolute Gasteiger partial charge is 0.315 e. The predicted octanol–water partition coefficient (Wildman–Crippen LogP) is 12.5. The van der Waals surface area contributed by atoms with Gasteiger partial charge in [-0.05, 0) is 26.4 Å². The van der Waals surface area contributed by atoms with Crippen molar-refractivity contribution in [3.05, 3.63) is 0 Å². The molecule has 0 aromatic rings. The molecule has 1 aliphatic heterocycles. The molecule has 7 nitrogen and oxygen atoms in total. The van der Waals surface area contributed by atoms with Gasteiger partial charge in [0.1, 0.15) is 0 Å². The van der Waals surface area contributed by atoms with Crippen LogP contribution in [0.5, 0.6) is 0 Å². The van der Waals surface area contributed by atoms with Crippen LogP contribution in [0.4, 0.5) is 0 Å². The van der Waals surface area contributed by atoms with E-state index in [-0.39, 0.29) is 0 Å². The molecule has 1 fully saturated rings. The van der Waals surface area contributed by atoms with E-state index < -0.39 is 10.4 Å². The van der Waals surface area contributed by atoms with Gasteiger partial charge >= 0.3 is 10.4 Å². The third-order valence-electron chi connectivity index (χ3n) is 11.0. The van der Waals surface area contributed by atoms with Crippen LogP contribution >= 0.6 is 0 Å². The number of unbranched alkanes of at least 4 members (excludes halogenated alkanes) is 30. The van der Waals surface area contributed by atoms with Gasteiger partial charge < -0.3 is 5.32 Å². The molecule has 1 rings (SSSR count). The van der Waals surface area contributed by atoms with Crippen molar-refractivity contribution in [2.45, 2.75) is 232 Å². The topological polar surface area (TPSA) is 82.1 Å². The van der Waals surface area contributed by atoms with Crippen molar-refractivity contribution in [3.8, 4) is 0 Å². The summed E-state index contributed by atoms with van der Waals surface area (Å²) in [6, 6.07) is 0. The predicted molar refractivity (Wildman–Crippen MR) is 223 cm³/mol. The van der Waals surface area contributed by atoms with Crippen LogP contribution < -0.4 is 5.32 Å². The summed E-state index contributed by atoms with van der Waals surface area (Å²) < 4.78 is 29.7. The van der Waals surface area contributed by atoms with E-state index in [4.69, 9.17) is 4.55 Å². The SMILES string of the molecule is CCCCCCCCCCCCCCCCCCNCCN1CCN(C)C1CCCCCCCCCCCCCCCCCC.COS(=O)(=O)O. The Balaban J connectivity index is 0.00000381. The summed E-state index contributed by atoms with van der Waals surface area (Å²) in [6.07, 6.45) is 48.6. The Morgan fingerprint density at radius 1 is 0.529 bits per heavy atom. The molecule has 0 spiro atoms. The van der Waals surface area contributed by atoms with Gasteiger partial charge in [0.25, 0.3) is 0 Å². The first kappa shape index (κ1) is 50.8. The lowest BCUT2D eigenvalue weighted by Gasteiger charge is -2.28. The Labute approximate surface area is 320 Å². The fourth-order valence-electron chi connectivity index (χ4n) is 7.55. The second kappa shape index (κ2) is 39.4. The van der Waals surface area contributed by atoms with E-state index in [0.717, 1.165) is 7.11 Å². The molecule has 0 aliphatic carbocycles. The Morgan fingerprint density at radius 2 is 0.843 bits per heavy atom. The monoisotopic (exact) mass is 746 g/mol. The zero-order chi connectivity index (χ0) is 37.5. The first-order valence-electron chi connectivity index (χ1n) is 22.5. The molecule has 1 unspecified atom stereocenters. The second-order valence-corrected chi connectivity index (χ2v) is 16.9. The maximum absolute atomic E-state index is 9.33. The Kier molecular flexibility index (Phi) is 39.3. The molecular weight excluding hydrogens is 655 g/mol. The van der Waals surface area contributed by atoms with Crippen molar-refractivity contribution >= 4 is 10.4 Å². The molecule has 1 atom stereocenters. The average Bonchev–Trinajstić information content (AvgIpc) is 3.47. The van der Waals surface area contributed by atoms with Crippen molar-refractivity contribution < 1.29 is 17.2 Å². The van der Waals surface area contributed by atoms with Crippen molar-refractivity contribution in [3.63, 3.8) is 0 Å². The van der Waals surface area contributed by atoms with E-state index >= 15 is 0 Å². The van der Waals surface area contributed by atoms with Crippen molar-refractivity contribution in [1.29, 1.82) is 0 Å². The quantitative estimate of drug-likeness (QED) is 0.0481. The number of rotatable bonds is 38. The minimum atomic E-state index is -4.16. The van der Waals surface area contributed by atoms with Crippen LogP contribution in [-0.2, 0) is 14.6 Å². The number of nitrogens with one attached hydrogen (secondary N) is 1. The van der Waals surface area contributed by atoms with Crippen LogP contribution in [0.15, 0.2) is 0 Å². The summed E-state index contributed by atoms with van der Waals surface area (Å²) >= 11 is 0. The van der Waals surface area contributed by atoms with Gasteiger partial charge in [0.15, 0.2) is 0 Å². The minimum Gasteiger partial charge on any atom is -0.315 e. The Morgan fingerprint density at radius 3 is 1.18 bits per heavy atom. The number of likely N-dealkylation sites (N-methyl/N-ethyl adjacent to an activating group) is 1. The summed E-state index contributed by atoms with van der Waals surface area (Å²) in [7, 11) is -0.943. The average molecular weight is 746 g/mol. The molecule has 0 radical (unpaired) electrons. The fourth-order valence-corrected chi connectivity index (χ4v) is 7.55. The molecule has 8 heteroatoms. The van der Waals surface area contributed by atoms with Gasteiger partial charge in [-0.2, -0.15) is 8.42 Å². The molecule has 0 aromatic heterocycles. The molecule has 1 heterocycles. The van der Waals surface area contributed by atoms with Crippen LogP contribution in [0.2, 0.25) is 0 Å². The Bertz CT molecular complexity index is 785. The minimum absolute atomic E-state index is 0.689. The summed E-state index contributed by atoms with van der Waals surface area (Å²) in [5.74, 6) is 0. The zero-order valence-corrected chi connectivity index (χ0v) is 35.7. The highest BCUT2D eigenvalue weighted by molar-refractivity contribution is 7.80. The van der Waals surface area contributed by atoms with E-state index in [9.17, 15) is 8.42 Å². The van der Waals surface area contributed by atoms with Gasteiger partial charge in [0.2, 0.25) is 0 Å². The molecule has 1 saturated heterocycles. The van der Waals surface area contributed by atoms with E-state index in [1.54, 1.807) is 0 Å². The normalized spacial score (nSPS) is 15.4. The van der Waals surface area contributed by atoms with Gasteiger partial charge in [-0.15, -0.1) is 0 Å². The molecule has 51 heavy (non-hydrogen) atoms. The van der Waals surface area contributed by atoms with Crippen LogP contribution in [0.25, 0.3) is 0 Å². The Hall–Kier alpha value is -0.250. The van der Waals surface area contributed by atoms with Crippen molar-refractivity contribution in [1.82, 2.24) is 15.1 Å². The van der Waals surface area contributed by atoms with Gasteiger partial charge in [-0.3, -0.25) is 18.5 Å². The van der Waals surface area contributed by atoms with Crippen LogP contribution in [0.1, 0.15) is 226 Å². The summed E-state index contributed by atoms with van der Waals surface area (Å²) in [4.78, 5) is 5.37. The molecule has 308 valence electrons. The molecule has 0 aromatic carbocycles. The molecule has 0 bridgehead atoms. The molecule has 0 saturated carbocycles. The summed E-state index contributed by atoms with van der Waals surface area (Å²) in [5, 5.41) is 3.76. The lowest BCUT2D eigenvalue weighted by atomic mass is 10.0. The fraction of sp³-hybridized carbons (Fsp3) is 1.00. The van der Waals surface area contributed by atoms with Gasteiger partial charge in [0.05, 0.1) is 13.3 Å². The summed E-state index contributed by atoms with van der Waals surface area (Å²) in [6.45, 7) is 10.7. The summed E-state index contributed by atoms with van der Waals surface area (Å²) in [5.41, 5.74) is 0. The van der Waals surface area contributed by atoms with E-state index in [1.807, 2.05) is 0 Å². The number of hydrogen-bond acceptors (Lipinski definition) is 6. The molecule has 0 amide bonds. The molecule has 2 N–H and O–H groups in total. The van der Waals surface area contributed by atoms with Gasteiger partial charge in [-0.25, -0.2) is 0 Å². The van der Waals surface area contributed by atoms with Gasteiger partial charge in [0, 0.05) is 26.2 Å². The van der Waals surface area contributed by atoms with Crippen molar-refractivity contribution in [2.24, 2.45) is 0 Å². The lowest BCUT2D eigenvalue weighted by Crippen LogP contribution is -2.40. The van der Waals surface area contributed by atoms with E-state index in [2.05, 4.69) is 40.2 Å². The third kappa shape index (κ3) is 37.8.